The number of aromatic nitrogens is 6. The third-order valence-corrected chi connectivity index (χ3v) is 5.66. The summed E-state index contributed by atoms with van der Waals surface area (Å²) in [6.45, 7) is 0.0937. The van der Waals surface area contributed by atoms with E-state index in [1.54, 1.807) is 24.3 Å². The first-order valence-electron chi connectivity index (χ1n) is 10.9. The van der Waals surface area contributed by atoms with Crippen LogP contribution in [-0.4, -0.2) is 58.7 Å². The van der Waals surface area contributed by atoms with E-state index in [1.165, 1.54) is 43.0 Å². The molecular formula is C23H22ClF3N6O4. The van der Waals surface area contributed by atoms with E-state index >= 15 is 0 Å². The van der Waals surface area contributed by atoms with E-state index in [2.05, 4.69) is 15.2 Å². The van der Waals surface area contributed by atoms with Crippen molar-refractivity contribution in [1.29, 1.82) is 0 Å². The molecule has 2 heterocycles. The fraction of sp³-hybridized carbons (Fsp3) is 0.304. The predicted octanol–water partition coefficient (Wildman–Crippen LogP) is 2.98. The number of nitrogens with zero attached hydrogens (tertiary/aromatic N) is 6. The van der Waals surface area contributed by atoms with Gasteiger partial charge in [-0.05, 0) is 43.3 Å². The first kappa shape index (κ1) is 26.4. The Hall–Kier alpha value is -3.68. The van der Waals surface area contributed by atoms with Gasteiger partial charge in [0.1, 0.15) is 24.1 Å². The van der Waals surface area contributed by atoms with E-state index in [9.17, 15) is 28.2 Å². The molecule has 4 rings (SSSR count). The highest BCUT2D eigenvalue weighted by Gasteiger charge is 2.39. The van der Waals surface area contributed by atoms with Crippen LogP contribution in [0.15, 0.2) is 53.3 Å². The molecule has 0 fully saturated rings. The van der Waals surface area contributed by atoms with E-state index in [1.807, 2.05) is 0 Å². The van der Waals surface area contributed by atoms with Crippen molar-refractivity contribution < 1.29 is 28.1 Å². The number of hydrogen-bond donors (Lipinski definition) is 2. The minimum atomic E-state index is -4.94. The summed E-state index contributed by atoms with van der Waals surface area (Å²) in [5.41, 5.74) is -0.125. The summed E-state index contributed by atoms with van der Waals surface area (Å²) < 4.78 is 47.6. The molecule has 2 atom stereocenters. The van der Waals surface area contributed by atoms with Crippen molar-refractivity contribution in [2.24, 2.45) is 0 Å². The summed E-state index contributed by atoms with van der Waals surface area (Å²) in [5.74, 6) is 0.559. The van der Waals surface area contributed by atoms with Crippen molar-refractivity contribution in [3.8, 4) is 22.8 Å². The van der Waals surface area contributed by atoms with E-state index in [0.29, 0.717) is 22.0 Å². The van der Waals surface area contributed by atoms with Gasteiger partial charge in [-0.3, -0.25) is 4.57 Å². The number of para-hydroxylation sites is 2. The second-order valence-electron chi connectivity index (χ2n) is 8.08. The molecule has 0 aliphatic carbocycles. The molecule has 196 valence electrons. The van der Waals surface area contributed by atoms with Crippen molar-refractivity contribution in [2.45, 2.75) is 38.4 Å². The Balaban J connectivity index is 1.78. The number of methoxy groups -OCH3 is 1. The van der Waals surface area contributed by atoms with Crippen molar-refractivity contribution >= 4 is 11.6 Å². The molecule has 1 unspecified atom stereocenters. The summed E-state index contributed by atoms with van der Waals surface area (Å²) in [7, 11) is 1.47. The fourth-order valence-corrected chi connectivity index (χ4v) is 3.75. The zero-order chi connectivity index (χ0) is 26.9. The van der Waals surface area contributed by atoms with Crippen LogP contribution in [0.1, 0.15) is 24.7 Å². The van der Waals surface area contributed by atoms with Gasteiger partial charge in [0.15, 0.2) is 23.6 Å². The first-order valence-corrected chi connectivity index (χ1v) is 11.3. The number of halogens is 4. The normalized spacial score (nSPS) is 13.5. The van der Waals surface area contributed by atoms with Gasteiger partial charge in [-0.25, -0.2) is 19.1 Å². The molecule has 0 radical (unpaired) electrons. The van der Waals surface area contributed by atoms with Gasteiger partial charge < -0.3 is 14.9 Å². The summed E-state index contributed by atoms with van der Waals surface area (Å²) in [6, 6.07) is 12.9. The fourth-order valence-electron chi connectivity index (χ4n) is 3.62. The number of benzene rings is 2. The Morgan fingerprint density at radius 3 is 2.38 bits per heavy atom. The topological polar surface area (TPSA) is 120 Å². The summed E-state index contributed by atoms with van der Waals surface area (Å²) in [6.07, 6.45) is -8.79. The van der Waals surface area contributed by atoms with Gasteiger partial charge in [-0.1, -0.05) is 23.7 Å². The lowest BCUT2D eigenvalue weighted by atomic mass is 10.2. The van der Waals surface area contributed by atoms with Gasteiger partial charge in [0.2, 0.25) is 0 Å². The van der Waals surface area contributed by atoms with Crippen LogP contribution in [0, 0.1) is 0 Å². The minimum absolute atomic E-state index is 0.0626. The molecule has 0 aliphatic heterocycles. The lowest BCUT2D eigenvalue weighted by molar-refractivity contribution is -0.207. The van der Waals surface area contributed by atoms with Gasteiger partial charge in [-0.15, -0.1) is 10.2 Å². The zero-order valence-electron chi connectivity index (χ0n) is 19.6. The molecule has 2 aromatic heterocycles. The third kappa shape index (κ3) is 5.53. The van der Waals surface area contributed by atoms with Crippen LogP contribution >= 0.6 is 11.6 Å². The van der Waals surface area contributed by atoms with Crippen LogP contribution in [0.3, 0.4) is 0 Å². The van der Waals surface area contributed by atoms with Crippen LogP contribution in [0.5, 0.6) is 5.75 Å². The van der Waals surface area contributed by atoms with Crippen LogP contribution in [0.4, 0.5) is 13.2 Å². The number of ether oxygens (including phenoxy) is 1. The number of alkyl halides is 3. The smallest absolute Gasteiger partial charge is 0.416 e. The SMILES string of the molecule is COc1ccccc1-n1nc(Cn2nc(-c3ccc(Cl)cc3)n(C[C@H](O)C(F)(F)F)c2=O)nc1C(C)O. The molecule has 4 aromatic rings. The summed E-state index contributed by atoms with van der Waals surface area (Å²) in [5, 5.41) is 28.9. The van der Waals surface area contributed by atoms with Crippen LogP contribution < -0.4 is 10.4 Å². The highest BCUT2D eigenvalue weighted by Crippen LogP contribution is 2.26. The van der Waals surface area contributed by atoms with Crippen LogP contribution in [0.2, 0.25) is 5.02 Å². The number of aliphatic hydroxyl groups is 2. The van der Waals surface area contributed by atoms with Gasteiger partial charge in [0, 0.05) is 10.6 Å². The molecule has 0 bridgehead atoms. The maximum absolute atomic E-state index is 13.1. The van der Waals surface area contributed by atoms with Crippen LogP contribution in [-0.2, 0) is 13.1 Å². The van der Waals surface area contributed by atoms with E-state index in [-0.39, 0.29) is 24.0 Å². The monoisotopic (exact) mass is 538 g/mol. The summed E-state index contributed by atoms with van der Waals surface area (Å²) in [4.78, 5) is 17.4. The lowest BCUT2D eigenvalue weighted by Gasteiger charge is -2.15. The third-order valence-electron chi connectivity index (χ3n) is 5.41. The standard InChI is InChI=1S/C23H22ClF3N6O4/c1-13(34)20-28-19(29-33(20)16-5-3-4-6-17(16)37-2)12-32-22(36)31(11-18(35)23(25,26)27)21(30-32)14-7-9-15(24)10-8-14/h3-10,13,18,34-35H,11-12H2,1-2H3/t13?,18-/m0/s1. The van der Waals surface area contributed by atoms with Crippen molar-refractivity contribution in [3.63, 3.8) is 0 Å². The minimum Gasteiger partial charge on any atom is -0.494 e. The maximum Gasteiger partial charge on any atom is 0.416 e. The average molecular weight is 539 g/mol. The molecule has 0 spiro atoms. The van der Waals surface area contributed by atoms with Gasteiger partial charge in [0.05, 0.1) is 13.7 Å². The molecule has 2 N–H and O–H groups in total. The quantitative estimate of drug-likeness (QED) is 0.354. The highest BCUT2D eigenvalue weighted by atomic mass is 35.5. The number of hydrogen-bond acceptors (Lipinski definition) is 7. The largest absolute Gasteiger partial charge is 0.494 e. The predicted molar refractivity (Wildman–Crippen MR) is 127 cm³/mol. The molecular weight excluding hydrogens is 517 g/mol. The molecule has 14 heteroatoms. The molecule has 0 saturated heterocycles. The molecule has 37 heavy (non-hydrogen) atoms. The van der Waals surface area contributed by atoms with E-state index in [0.717, 1.165) is 9.25 Å². The Labute approximate surface area is 213 Å². The van der Waals surface area contributed by atoms with Crippen molar-refractivity contribution in [3.05, 3.63) is 75.7 Å². The zero-order valence-corrected chi connectivity index (χ0v) is 20.3. The molecule has 0 saturated carbocycles. The number of aliphatic hydroxyl groups excluding tert-OH is 2. The summed E-state index contributed by atoms with van der Waals surface area (Å²) >= 11 is 5.91. The first-order chi connectivity index (χ1) is 17.5. The molecule has 0 amide bonds. The van der Waals surface area contributed by atoms with E-state index < -0.39 is 30.6 Å². The number of rotatable bonds is 8. The molecule has 10 nitrogen and oxygen atoms in total. The second-order valence-corrected chi connectivity index (χ2v) is 8.52. The molecule has 0 aliphatic rings. The highest BCUT2D eigenvalue weighted by molar-refractivity contribution is 6.30. The Morgan fingerprint density at radius 2 is 1.76 bits per heavy atom. The van der Waals surface area contributed by atoms with Gasteiger partial charge in [0.25, 0.3) is 0 Å². The van der Waals surface area contributed by atoms with E-state index in [4.69, 9.17) is 16.3 Å². The average Bonchev–Trinajstić information content (AvgIpc) is 3.41. The van der Waals surface area contributed by atoms with Gasteiger partial charge in [-0.2, -0.15) is 13.2 Å². The second kappa shape index (κ2) is 10.4. The Kier molecular flexibility index (Phi) is 7.39. The maximum atomic E-state index is 13.1. The van der Waals surface area contributed by atoms with Crippen LogP contribution in [0.25, 0.3) is 17.1 Å². The van der Waals surface area contributed by atoms with Crippen molar-refractivity contribution in [2.75, 3.05) is 7.11 Å². The van der Waals surface area contributed by atoms with Gasteiger partial charge >= 0.3 is 11.9 Å². The Bertz CT molecular complexity index is 1450. The lowest BCUT2D eigenvalue weighted by Crippen LogP contribution is -2.37. The molecule has 2 aromatic carbocycles. The Morgan fingerprint density at radius 1 is 1.08 bits per heavy atom. The van der Waals surface area contributed by atoms with Crippen molar-refractivity contribution in [1.82, 2.24) is 29.1 Å².